The Bertz CT molecular complexity index is 1130. The van der Waals surface area contributed by atoms with Gasteiger partial charge in [0.15, 0.2) is 0 Å². The second-order valence-electron chi connectivity index (χ2n) is 9.63. The van der Waals surface area contributed by atoms with E-state index < -0.39 is 5.97 Å². The third-order valence-corrected chi connectivity index (χ3v) is 7.34. The topological polar surface area (TPSA) is 77.6 Å². The lowest BCUT2D eigenvalue weighted by Gasteiger charge is -2.40. The Morgan fingerprint density at radius 1 is 1.21 bits per heavy atom. The molecule has 1 aromatic heterocycles. The van der Waals surface area contributed by atoms with Crippen molar-refractivity contribution in [2.24, 2.45) is 5.92 Å². The Morgan fingerprint density at radius 3 is 2.70 bits per heavy atom. The van der Waals surface area contributed by atoms with E-state index in [2.05, 4.69) is 34.3 Å². The zero-order valence-electron chi connectivity index (χ0n) is 19.4. The zero-order valence-corrected chi connectivity index (χ0v) is 19.4. The van der Waals surface area contributed by atoms with Gasteiger partial charge in [0.05, 0.1) is 12.7 Å². The van der Waals surface area contributed by atoms with Crippen molar-refractivity contribution < 1.29 is 14.6 Å². The molecule has 5 rings (SSSR count). The van der Waals surface area contributed by atoms with E-state index in [1.54, 1.807) is 19.2 Å². The van der Waals surface area contributed by atoms with Gasteiger partial charge >= 0.3 is 5.97 Å². The summed E-state index contributed by atoms with van der Waals surface area (Å²) in [6.45, 7) is 5.00. The number of likely N-dealkylation sites (tertiary alicyclic amines) is 1. The molecule has 1 aliphatic heterocycles. The lowest BCUT2D eigenvalue weighted by molar-refractivity contribution is 0.0696. The second kappa shape index (κ2) is 9.20. The Hall–Kier alpha value is -2.83. The van der Waals surface area contributed by atoms with Crippen LogP contribution in [0.5, 0.6) is 5.75 Å². The molecular weight excluding hydrogens is 414 g/mol. The van der Waals surface area contributed by atoms with E-state index in [1.165, 1.54) is 34.9 Å². The number of ether oxygens (including phenoxy) is 1. The fraction of sp³-hybridized carbons (Fsp3) is 0.444. The molecule has 2 atom stereocenters. The molecule has 1 saturated heterocycles. The van der Waals surface area contributed by atoms with Gasteiger partial charge in [0.1, 0.15) is 5.75 Å². The molecule has 6 nitrogen and oxygen atoms in total. The van der Waals surface area contributed by atoms with Crippen LogP contribution in [-0.4, -0.2) is 47.2 Å². The number of aryl methyl sites for hydroxylation is 1. The highest BCUT2D eigenvalue weighted by molar-refractivity contribution is 5.88. The quantitative estimate of drug-likeness (QED) is 0.458. The first-order valence-corrected chi connectivity index (χ1v) is 12.0. The predicted octanol–water partition coefficient (Wildman–Crippen LogP) is 4.89. The van der Waals surface area contributed by atoms with Crippen LogP contribution in [0.3, 0.4) is 0 Å². The number of aromatic carboxylic acids is 1. The van der Waals surface area contributed by atoms with Crippen molar-refractivity contribution in [2.45, 2.75) is 51.2 Å². The molecule has 1 aliphatic carbocycles. The Morgan fingerprint density at radius 2 is 2.00 bits per heavy atom. The van der Waals surface area contributed by atoms with Crippen LogP contribution in [0.15, 0.2) is 42.6 Å². The number of nitrogens with one attached hydrogen (secondary N) is 2. The van der Waals surface area contributed by atoms with Gasteiger partial charge in [0.25, 0.3) is 0 Å². The van der Waals surface area contributed by atoms with Gasteiger partial charge in [-0.25, -0.2) is 4.79 Å². The fourth-order valence-electron chi connectivity index (χ4n) is 5.22. The number of carbonyl (C=O) groups is 1. The normalized spacial score (nSPS) is 21.4. The highest BCUT2D eigenvalue weighted by Gasteiger charge is 2.32. The minimum absolute atomic E-state index is 0.221. The summed E-state index contributed by atoms with van der Waals surface area (Å²) in [6.07, 6.45) is 6.83. The molecule has 0 amide bonds. The fourth-order valence-corrected chi connectivity index (χ4v) is 5.22. The highest BCUT2D eigenvalue weighted by Crippen LogP contribution is 2.37. The number of piperidine rings is 1. The zero-order chi connectivity index (χ0) is 22.9. The van der Waals surface area contributed by atoms with Crippen LogP contribution in [0.4, 0.5) is 0 Å². The Kier molecular flexibility index (Phi) is 6.13. The number of hydrogen-bond acceptors (Lipinski definition) is 4. The Balaban J connectivity index is 1.44. The summed E-state index contributed by atoms with van der Waals surface area (Å²) < 4.78 is 5.80. The molecule has 2 heterocycles. The predicted molar refractivity (Wildman–Crippen MR) is 130 cm³/mol. The number of H-pyrrole nitrogens is 1. The molecule has 6 heteroatoms. The molecule has 2 aliphatic rings. The first-order chi connectivity index (χ1) is 16.0. The number of nitrogens with zero attached hydrogens (tertiary/aromatic N) is 1. The number of methoxy groups -OCH3 is 1. The number of rotatable bonds is 8. The maximum Gasteiger partial charge on any atom is 0.335 e. The number of benzene rings is 2. The van der Waals surface area contributed by atoms with Gasteiger partial charge < -0.3 is 20.1 Å². The van der Waals surface area contributed by atoms with Gasteiger partial charge in [-0.05, 0) is 80.5 Å². The first kappa shape index (κ1) is 22.0. The van der Waals surface area contributed by atoms with Gasteiger partial charge in [-0.1, -0.05) is 12.1 Å². The maximum absolute atomic E-state index is 11.4. The first-order valence-electron chi connectivity index (χ1n) is 12.0. The molecular formula is C27H33N3O3. The summed E-state index contributed by atoms with van der Waals surface area (Å²) in [5.41, 5.74) is 5.05. The van der Waals surface area contributed by atoms with Gasteiger partial charge in [-0.2, -0.15) is 0 Å². The number of aromatic nitrogens is 1. The Labute approximate surface area is 194 Å². The smallest absolute Gasteiger partial charge is 0.335 e. The number of hydrogen-bond donors (Lipinski definition) is 3. The van der Waals surface area contributed by atoms with E-state index in [4.69, 9.17) is 4.74 Å². The van der Waals surface area contributed by atoms with Crippen molar-refractivity contribution in [1.82, 2.24) is 15.2 Å². The van der Waals surface area contributed by atoms with Crippen LogP contribution in [0.2, 0.25) is 0 Å². The average Bonchev–Trinajstić information content (AvgIpc) is 3.53. The second-order valence-corrected chi connectivity index (χ2v) is 9.63. The van der Waals surface area contributed by atoms with Gasteiger partial charge in [-0.3, -0.25) is 4.90 Å². The van der Waals surface area contributed by atoms with Gasteiger partial charge in [0.2, 0.25) is 0 Å². The monoisotopic (exact) mass is 447 g/mol. The summed E-state index contributed by atoms with van der Waals surface area (Å²) in [4.78, 5) is 17.3. The highest BCUT2D eigenvalue weighted by atomic mass is 16.5. The largest absolute Gasteiger partial charge is 0.496 e. The summed E-state index contributed by atoms with van der Waals surface area (Å²) in [7, 11) is 1.74. The van der Waals surface area contributed by atoms with Crippen molar-refractivity contribution in [3.8, 4) is 5.75 Å². The van der Waals surface area contributed by atoms with Crippen molar-refractivity contribution in [3.05, 3.63) is 64.8 Å². The van der Waals surface area contributed by atoms with Crippen LogP contribution in [0, 0.1) is 12.8 Å². The third kappa shape index (κ3) is 4.63. The van der Waals surface area contributed by atoms with E-state index in [0.717, 1.165) is 49.7 Å². The molecule has 33 heavy (non-hydrogen) atoms. The lowest BCUT2D eigenvalue weighted by Crippen LogP contribution is -2.44. The molecule has 2 fully saturated rings. The number of fused-ring (bicyclic) bond motifs is 1. The lowest BCUT2D eigenvalue weighted by atomic mass is 9.90. The summed E-state index contributed by atoms with van der Waals surface area (Å²) in [5.74, 6) is 0.897. The minimum Gasteiger partial charge on any atom is -0.496 e. The van der Waals surface area contributed by atoms with Crippen LogP contribution >= 0.6 is 0 Å². The van der Waals surface area contributed by atoms with E-state index >= 15 is 0 Å². The number of carboxylic acid groups (broad SMARTS) is 1. The minimum atomic E-state index is -0.884. The molecule has 3 N–H and O–H groups in total. The molecule has 0 bridgehead atoms. The molecule has 0 spiro atoms. The average molecular weight is 448 g/mol. The standard InChI is InChI=1S/C27H33N3O3/c1-17-13-25(33-2)23(22-9-11-28-26(17)22)16-30-12-10-21(29-15-18-3-4-18)14-24(30)19-5-7-20(8-6-19)27(31)32/h5-9,11,13,18,21,24,28-29H,3-4,10,12,14-16H2,1-2H3,(H,31,32). The van der Waals surface area contributed by atoms with Crippen LogP contribution in [-0.2, 0) is 6.54 Å². The van der Waals surface area contributed by atoms with Crippen LogP contribution in [0.25, 0.3) is 10.9 Å². The van der Waals surface area contributed by atoms with Crippen molar-refractivity contribution in [3.63, 3.8) is 0 Å². The SMILES string of the molecule is COc1cc(C)c2[nH]ccc2c1CN1CCC(NCC2CC2)CC1c1ccc(C(=O)O)cc1. The van der Waals surface area contributed by atoms with E-state index in [-0.39, 0.29) is 6.04 Å². The van der Waals surface area contributed by atoms with Crippen LogP contribution in [0.1, 0.15) is 58.8 Å². The van der Waals surface area contributed by atoms with E-state index in [9.17, 15) is 9.90 Å². The van der Waals surface area contributed by atoms with Gasteiger partial charge in [0, 0.05) is 47.8 Å². The summed E-state index contributed by atoms with van der Waals surface area (Å²) >= 11 is 0. The van der Waals surface area contributed by atoms with Crippen molar-refractivity contribution >= 4 is 16.9 Å². The summed E-state index contributed by atoms with van der Waals surface area (Å²) in [6, 6.07) is 12.4. The van der Waals surface area contributed by atoms with E-state index in [1.807, 2.05) is 18.3 Å². The van der Waals surface area contributed by atoms with Crippen molar-refractivity contribution in [1.29, 1.82) is 0 Å². The molecule has 0 radical (unpaired) electrons. The maximum atomic E-state index is 11.4. The number of aromatic amines is 1. The van der Waals surface area contributed by atoms with Crippen LogP contribution < -0.4 is 10.1 Å². The molecule has 174 valence electrons. The summed E-state index contributed by atoms with van der Waals surface area (Å²) in [5, 5.41) is 14.3. The van der Waals surface area contributed by atoms with E-state index in [0.29, 0.717) is 11.6 Å². The number of carboxylic acids is 1. The molecule has 1 saturated carbocycles. The third-order valence-electron chi connectivity index (χ3n) is 7.34. The molecule has 2 unspecified atom stereocenters. The molecule has 2 aromatic carbocycles. The molecule has 3 aromatic rings. The van der Waals surface area contributed by atoms with Gasteiger partial charge in [-0.15, -0.1) is 0 Å². The van der Waals surface area contributed by atoms with Crippen molar-refractivity contribution in [2.75, 3.05) is 20.2 Å².